The molecule has 3 nitrogen and oxygen atoms in total. The molecule has 3 atom stereocenters. The Bertz CT molecular complexity index is 3110. The first kappa shape index (κ1) is 31.3. The van der Waals surface area contributed by atoms with Gasteiger partial charge in [-0.25, -0.2) is 0 Å². The third-order valence-corrected chi connectivity index (χ3v) is 12.4. The minimum Gasteiger partial charge on any atom is -0.458 e. The Morgan fingerprint density at radius 1 is 0.648 bits per heavy atom. The maximum Gasteiger partial charge on any atom is 0.139 e. The molecule has 0 saturated carbocycles. The van der Waals surface area contributed by atoms with Crippen LogP contribution in [0.5, 0.6) is 0 Å². The van der Waals surface area contributed by atoms with Gasteiger partial charge in [0.15, 0.2) is 0 Å². The normalized spacial score (nSPS) is 16.6. The molecule has 0 bridgehead atoms. The summed E-state index contributed by atoms with van der Waals surface area (Å²) in [4.78, 5) is 5.80. The first-order valence-corrected chi connectivity index (χ1v) is 19.5. The zero-order valence-corrected chi connectivity index (χ0v) is 30.8. The third kappa shape index (κ3) is 4.27. The van der Waals surface area contributed by atoms with Gasteiger partial charge >= 0.3 is 0 Å². The number of para-hydroxylation sites is 2. The number of benzene rings is 7. The summed E-state index contributed by atoms with van der Waals surface area (Å²) in [6.07, 6.45) is 1.87. The highest BCUT2D eigenvalue weighted by atomic mass is 16.3. The molecule has 2 unspecified atom stereocenters. The molecule has 4 heterocycles. The van der Waals surface area contributed by atoms with Gasteiger partial charge in [-0.3, -0.25) is 4.99 Å². The summed E-state index contributed by atoms with van der Waals surface area (Å²) in [5, 5.41) is 8.89. The lowest BCUT2D eigenvalue weighted by Gasteiger charge is -2.35. The Labute approximate surface area is 314 Å². The average Bonchev–Trinajstić information content (AvgIpc) is 3.88. The number of aromatic nitrogens is 1. The summed E-state index contributed by atoms with van der Waals surface area (Å²) in [7, 11) is 0. The molecule has 1 aliphatic rings. The molecule has 7 aromatic carbocycles. The average molecular weight is 697 g/mol. The van der Waals surface area contributed by atoms with Gasteiger partial charge in [0.05, 0.1) is 22.5 Å². The molecule has 0 radical (unpaired) electrons. The number of nitrogens with zero attached hydrogens (tertiary/aromatic N) is 2. The van der Waals surface area contributed by atoms with Crippen LogP contribution in [-0.4, -0.2) is 10.1 Å². The van der Waals surface area contributed by atoms with Crippen molar-refractivity contribution in [3.8, 4) is 11.1 Å². The van der Waals surface area contributed by atoms with Gasteiger partial charge in [0, 0.05) is 49.9 Å². The van der Waals surface area contributed by atoms with Crippen molar-refractivity contribution in [2.45, 2.75) is 45.4 Å². The predicted molar refractivity (Wildman–Crippen MR) is 227 cm³/mol. The lowest BCUT2D eigenvalue weighted by Crippen LogP contribution is -2.30. The van der Waals surface area contributed by atoms with E-state index in [1.54, 1.807) is 0 Å². The molecule has 11 rings (SSSR count). The molecule has 0 aliphatic carbocycles. The van der Waals surface area contributed by atoms with Crippen molar-refractivity contribution in [3.63, 3.8) is 0 Å². The quantitative estimate of drug-likeness (QED) is 0.170. The smallest absolute Gasteiger partial charge is 0.139 e. The maximum absolute atomic E-state index is 6.79. The second-order valence-corrected chi connectivity index (χ2v) is 15.2. The van der Waals surface area contributed by atoms with E-state index in [1.807, 2.05) is 0 Å². The lowest BCUT2D eigenvalue weighted by molar-refractivity contribution is 0.452. The Balaban J connectivity index is 1.31. The Morgan fingerprint density at radius 3 is 2.19 bits per heavy atom. The second kappa shape index (κ2) is 11.9. The summed E-state index contributed by atoms with van der Waals surface area (Å²) in [6, 6.07) is 53.5. The van der Waals surface area contributed by atoms with Crippen LogP contribution in [0.25, 0.3) is 71.0 Å². The van der Waals surface area contributed by atoms with E-state index in [9.17, 15) is 0 Å². The van der Waals surface area contributed by atoms with Gasteiger partial charge < -0.3 is 8.82 Å². The van der Waals surface area contributed by atoms with Crippen molar-refractivity contribution in [2.75, 3.05) is 0 Å². The van der Waals surface area contributed by atoms with Crippen molar-refractivity contribution >= 4 is 71.2 Å². The molecule has 0 fully saturated rings. The zero-order chi connectivity index (χ0) is 36.1. The molecule has 1 aliphatic heterocycles. The fourth-order valence-electron chi connectivity index (χ4n) is 10.1. The SMILES string of the molecule is CCC(C1=Nc2c(oc3ccccc23)[C@H](c2ccccc2)C1CC)c1c(-c2ccccc2C)cc2c3ccccc3n3c4c5ccccc5ccc4c1c23. The highest BCUT2D eigenvalue weighted by Crippen LogP contribution is 2.54. The molecule has 54 heavy (non-hydrogen) atoms. The predicted octanol–water partition coefficient (Wildman–Crippen LogP) is 14.1. The van der Waals surface area contributed by atoms with Crippen molar-refractivity contribution in [1.29, 1.82) is 0 Å². The molecule has 0 saturated heterocycles. The van der Waals surface area contributed by atoms with E-state index < -0.39 is 0 Å². The van der Waals surface area contributed by atoms with Crippen LogP contribution in [0.1, 0.15) is 61.0 Å². The van der Waals surface area contributed by atoms with E-state index in [-0.39, 0.29) is 17.8 Å². The molecule has 0 spiro atoms. The highest BCUT2D eigenvalue weighted by molar-refractivity contribution is 6.30. The zero-order valence-electron chi connectivity index (χ0n) is 30.8. The van der Waals surface area contributed by atoms with Crippen LogP contribution in [-0.2, 0) is 0 Å². The van der Waals surface area contributed by atoms with Crippen molar-refractivity contribution < 1.29 is 4.42 Å². The number of aliphatic imine (C=N–C) groups is 1. The molecule has 260 valence electrons. The van der Waals surface area contributed by atoms with Crippen molar-refractivity contribution in [1.82, 2.24) is 4.40 Å². The van der Waals surface area contributed by atoms with E-state index in [2.05, 4.69) is 171 Å². The molecule has 0 amide bonds. The minimum absolute atomic E-state index is 0.0564. The van der Waals surface area contributed by atoms with Crippen LogP contribution in [0.3, 0.4) is 0 Å². The molecule has 10 aromatic rings. The van der Waals surface area contributed by atoms with Gasteiger partial charge in [0.25, 0.3) is 0 Å². The Kier molecular flexibility index (Phi) is 6.91. The fraction of sp³-hybridized carbons (Fsp3) is 0.157. The number of furan rings is 1. The monoisotopic (exact) mass is 696 g/mol. The van der Waals surface area contributed by atoms with Crippen LogP contribution < -0.4 is 0 Å². The van der Waals surface area contributed by atoms with Gasteiger partial charge in [-0.2, -0.15) is 0 Å². The Morgan fingerprint density at radius 2 is 1.37 bits per heavy atom. The second-order valence-electron chi connectivity index (χ2n) is 15.2. The first-order valence-electron chi connectivity index (χ1n) is 19.5. The number of hydrogen-bond acceptors (Lipinski definition) is 2. The van der Waals surface area contributed by atoms with Crippen molar-refractivity contribution in [3.05, 3.63) is 168 Å². The summed E-state index contributed by atoms with van der Waals surface area (Å²) >= 11 is 0. The fourth-order valence-corrected chi connectivity index (χ4v) is 10.1. The van der Waals surface area contributed by atoms with Gasteiger partial charge in [0.1, 0.15) is 17.0 Å². The topological polar surface area (TPSA) is 29.9 Å². The van der Waals surface area contributed by atoms with E-state index in [1.165, 1.54) is 82.4 Å². The van der Waals surface area contributed by atoms with E-state index in [4.69, 9.17) is 9.41 Å². The number of hydrogen-bond donors (Lipinski definition) is 0. The van der Waals surface area contributed by atoms with Gasteiger partial charge in [-0.1, -0.05) is 135 Å². The van der Waals surface area contributed by atoms with Crippen LogP contribution in [0.2, 0.25) is 0 Å². The summed E-state index contributed by atoms with van der Waals surface area (Å²) in [6.45, 7) is 6.96. The molecular weight excluding hydrogens is 657 g/mol. The van der Waals surface area contributed by atoms with E-state index >= 15 is 0 Å². The molecular formula is C51H40N2O. The number of aryl methyl sites for hydroxylation is 1. The molecule has 3 heteroatoms. The third-order valence-electron chi connectivity index (χ3n) is 12.4. The van der Waals surface area contributed by atoms with Crippen LogP contribution in [0, 0.1) is 12.8 Å². The van der Waals surface area contributed by atoms with Crippen LogP contribution >= 0.6 is 0 Å². The van der Waals surface area contributed by atoms with E-state index in [0.29, 0.717) is 0 Å². The first-order chi connectivity index (χ1) is 26.7. The summed E-state index contributed by atoms with van der Waals surface area (Å²) in [5.41, 5.74) is 13.6. The maximum atomic E-state index is 6.79. The molecule has 3 aromatic heterocycles. The number of fused-ring (bicyclic) bond motifs is 11. The van der Waals surface area contributed by atoms with Crippen molar-refractivity contribution in [2.24, 2.45) is 10.9 Å². The summed E-state index contributed by atoms with van der Waals surface area (Å²) in [5.74, 6) is 1.26. The summed E-state index contributed by atoms with van der Waals surface area (Å²) < 4.78 is 9.36. The standard InChI is InChI=1S/C51H40N2O/c1-4-33-44(32-19-7-6-8-20-32)51-48(38-24-14-16-26-43(38)54-51)52-47(33)34(5-2)45-40(35-21-11-9-17-30(35)3)29-41-37-23-13-15-25-42(37)53-49-36-22-12-10-18-31(36)27-28-39(49)46(45)50(41)53/h6-29,33-34,44H,4-5H2,1-3H3/t33?,34?,44-/m1/s1. The minimum atomic E-state index is 0.0564. The van der Waals surface area contributed by atoms with Crippen LogP contribution in [0.4, 0.5) is 5.69 Å². The highest BCUT2D eigenvalue weighted by Gasteiger charge is 2.41. The van der Waals surface area contributed by atoms with Gasteiger partial charge in [-0.15, -0.1) is 0 Å². The molecule has 0 N–H and O–H groups in total. The van der Waals surface area contributed by atoms with E-state index in [0.717, 1.165) is 35.3 Å². The van der Waals surface area contributed by atoms with Gasteiger partial charge in [0.2, 0.25) is 0 Å². The largest absolute Gasteiger partial charge is 0.458 e. The van der Waals surface area contributed by atoms with Gasteiger partial charge in [-0.05, 0) is 77.2 Å². The lowest BCUT2D eigenvalue weighted by atomic mass is 9.70. The Hall–Kier alpha value is -6.19. The van der Waals surface area contributed by atoms with Crippen LogP contribution in [0.15, 0.2) is 155 Å². The number of rotatable bonds is 6.